The fourth-order valence-corrected chi connectivity index (χ4v) is 2.58. The van der Waals surface area contributed by atoms with Crippen molar-refractivity contribution in [1.29, 1.82) is 0 Å². The van der Waals surface area contributed by atoms with Crippen LogP contribution in [0.4, 0.5) is 0 Å². The smallest absolute Gasteiger partial charge is 0.307 e. The molecule has 3 nitrogen and oxygen atoms in total. The van der Waals surface area contributed by atoms with E-state index < -0.39 is 0 Å². The Morgan fingerprint density at radius 3 is 2.67 bits per heavy atom. The normalized spacial score (nSPS) is 27.1. The van der Waals surface area contributed by atoms with Crippen LogP contribution in [0.25, 0.3) is 0 Å². The molecule has 2 fully saturated rings. The molecule has 0 aromatic rings. The van der Waals surface area contributed by atoms with Gasteiger partial charge in [-0.15, -0.1) is 0 Å². The van der Waals surface area contributed by atoms with E-state index in [0.717, 1.165) is 13.0 Å². The number of ether oxygens (including phenoxy) is 1. The minimum atomic E-state index is -0.0127. The van der Waals surface area contributed by atoms with Crippen LogP contribution in [0.3, 0.4) is 0 Å². The molecule has 1 heterocycles. The van der Waals surface area contributed by atoms with Crippen LogP contribution >= 0.6 is 0 Å². The number of carbonyl (C=O) groups excluding carboxylic acids is 1. The maximum atomic E-state index is 11.5. The van der Waals surface area contributed by atoms with Crippen LogP contribution in [0.2, 0.25) is 0 Å². The Kier molecular flexibility index (Phi) is 4.01. The molecule has 1 unspecified atom stereocenters. The molecular formula is C12H21NO2. The number of hydrogen-bond acceptors (Lipinski definition) is 3. The van der Waals surface area contributed by atoms with E-state index in [4.69, 9.17) is 4.74 Å². The zero-order chi connectivity index (χ0) is 10.5. The molecule has 1 atom stereocenters. The number of carbonyl (C=O) groups is 1. The van der Waals surface area contributed by atoms with Gasteiger partial charge in [-0.1, -0.05) is 12.8 Å². The number of hydrogen-bond donors (Lipinski definition) is 1. The summed E-state index contributed by atoms with van der Waals surface area (Å²) in [5.74, 6) is 0.631. The molecule has 1 saturated heterocycles. The van der Waals surface area contributed by atoms with E-state index in [2.05, 4.69) is 5.32 Å². The second-order valence-corrected chi connectivity index (χ2v) is 4.83. The molecule has 0 aromatic carbocycles. The third-order valence-corrected chi connectivity index (χ3v) is 3.53. The highest BCUT2D eigenvalue weighted by molar-refractivity contribution is 5.70. The van der Waals surface area contributed by atoms with Crippen LogP contribution in [-0.2, 0) is 9.53 Å². The molecule has 1 aliphatic carbocycles. The predicted octanol–water partition coefficient (Wildman–Crippen LogP) is 1.86. The monoisotopic (exact) mass is 211 g/mol. The zero-order valence-corrected chi connectivity index (χ0v) is 9.34. The molecule has 0 aromatic heterocycles. The van der Waals surface area contributed by atoms with Crippen molar-refractivity contribution < 1.29 is 9.53 Å². The second kappa shape index (κ2) is 5.50. The van der Waals surface area contributed by atoms with Gasteiger partial charge in [0, 0.05) is 6.04 Å². The summed E-state index contributed by atoms with van der Waals surface area (Å²) in [5, 5.41) is 3.31. The van der Waals surface area contributed by atoms with Crippen molar-refractivity contribution in [3.8, 4) is 0 Å². The summed E-state index contributed by atoms with van der Waals surface area (Å²) < 4.78 is 5.31. The van der Waals surface area contributed by atoms with Crippen LogP contribution in [0, 0.1) is 5.92 Å². The van der Waals surface area contributed by atoms with Crippen molar-refractivity contribution in [2.75, 3.05) is 13.2 Å². The maximum absolute atomic E-state index is 11.5. The Hall–Kier alpha value is -0.570. The highest BCUT2D eigenvalue weighted by Crippen LogP contribution is 2.24. The van der Waals surface area contributed by atoms with E-state index in [9.17, 15) is 4.79 Å². The number of rotatable bonds is 4. The Morgan fingerprint density at radius 2 is 2.00 bits per heavy atom. The highest BCUT2D eigenvalue weighted by atomic mass is 16.5. The molecule has 3 heteroatoms. The molecule has 1 aliphatic heterocycles. The topological polar surface area (TPSA) is 38.3 Å². The van der Waals surface area contributed by atoms with Crippen molar-refractivity contribution in [3.63, 3.8) is 0 Å². The summed E-state index contributed by atoms with van der Waals surface area (Å²) in [5.41, 5.74) is 0. The third-order valence-electron chi connectivity index (χ3n) is 3.53. The largest absolute Gasteiger partial charge is 0.465 e. The van der Waals surface area contributed by atoms with Crippen molar-refractivity contribution in [2.24, 2.45) is 5.92 Å². The lowest BCUT2D eigenvalue weighted by molar-refractivity contribution is -0.145. The van der Waals surface area contributed by atoms with Crippen LogP contribution in [0.1, 0.15) is 44.9 Å². The number of nitrogens with one attached hydrogen (secondary N) is 1. The van der Waals surface area contributed by atoms with Crippen molar-refractivity contribution in [1.82, 2.24) is 5.32 Å². The van der Waals surface area contributed by atoms with Gasteiger partial charge in [-0.05, 0) is 38.1 Å². The van der Waals surface area contributed by atoms with Gasteiger partial charge in [-0.3, -0.25) is 4.79 Å². The van der Waals surface area contributed by atoms with Crippen LogP contribution in [-0.4, -0.2) is 25.2 Å². The van der Waals surface area contributed by atoms with E-state index in [0.29, 0.717) is 25.0 Å². The van der Waals surface area contributed by atoms with Crippen molar-refractivity contribution >= 4 is 5.97 Å². The molecule has 15 heavy (non-hydrogen) atoms. The Labute approximate surface area is 91.6 Å². The first-order valence-corrected chi connectivity index (χ1v) is 6.23. The minimum Gasteiger partial charge on any atom is -0.465 e. The summed E-state index contributed by atoms with van der Waals surface area (Å²) in [7, 11) is 0. The van der Waals surface area contributed by atoms with Gasteiger partial charge in [0.1, 0.15) is 0 Å². The average Bonchev–Trinajstić information content (AvgIpc) is 2.86. The average molecular weight is 211 g/mol. The lowest BCUT2D eigenvalue weighted by Crippen LogP contribution is -2.26. The molecule has 0 amide bonds. The summed E-state index contributed by atoms with van der Waals surface area (Å²) in [6, 6.07) is 0.376. The van der Waals surface area contributed by atoms with Crippen molar-refractivity contribution in [3.05, 3.63) is 0 Å². The van der Waals surface area contributed by atoms with Gasteiger partial charge in [0.2, 0.25) is 0 Å². The first-order chi connectivity index (χ1) is 7.34. The predicted molar refractivity (Wildman–Crippen MR) is 58.6 cm³/mol. The fourth-order valence-electron chi connectivity index (χ4n) is 2.58. The second-order valence-electron chi connectivity index (χ2n) is 4.83. The lowest BCUT2D eigenvalue weighted by Gasteiger charge is -2.12. The molecule has 1 N–H and O–H groups in total. The summed E-state index contributed by atoms with van der Waals surface area (Å²) >= 11 is 0. The van der Waals surface area contributed by atoms with Gasteiger partial charge in [-0.2, -0.15) is 0 Å². The quantitative estimate of drug-likeness (QED) is 0.721. The zero-order valence-electron chi connectivity index (χ0n) is 9.34. The Balaban J connectivity index is 1.59. The van der Waals surface area contributed by atoms with Gasteiger partial charge < -0.3 is 10.1 Å². The van der Waals surface area contributed by atoms with E-state index >= 15 is 0 Å². The Morgan fingerprint density at radius 1 is 1.20 bits per heavy atom. The van der Waals surface area contributed by atoms with Gasteiger partial charge in [-0.25, -0.2) is 0 Å². The van der Waals surface area contributed by atoms with E-state index in [1.54, 1.807) is 0 Å². The van der Waals surface area contributed by atoms with Crippen LogP contribution in [0.15, 0.2) is 0 Å². The third kappa shape index (κ3) is 3.49. The highest BCUT2D eigenvalue weighted by Gasteiger charge is 2.20. The summed E-state index contributed by atoms with van der Waals surface area (Å²) in [6.07, 6.45) is 7.99. The van der Waals surface area contributed by atoms with Gasteiger partial charge in [0.05, 0.1) is 13.0 Å². The van der Waals surface area contributed by atoms with Crippen molar-refractivity contribution in [2.45, 2.75) is 51.0 Å². The molecule has 0 bridgehead atoms. The SMILES string of the molecule is O=C(CC1CCCN1)OCC1CCCC1. The lowest BCUT2D eigenvalue weighted by atomic mass is 10.1. The maximum Gasteiger partial charge on any atom is 0.307 e. The molecule has 2 aliphatic rings. The number of esters is 1. The summed E-state index contributed by atoms with van der Waals surface area (Å²) in [6.45, 7) is 1.71. The Bertz CT molecular complexity index is 206. The fraction of sp³-hybridized carbons (Fsp3) is 0.917. The van der Waals surface area contributed by atoms with E-state index in [-0.39, 0.29) is 5.97 Å². The van der Waals surface area contributed by atoms with Gasteiger partial charge in [0.15, 0.2) is 0 Å². The minimum absolute atomic E-state index is 0.0127. The van der Waals surface area contributed by atoms with E-state index in [1.807, 2.05) is 0 Å². The molecule has 0 radical (unpaired) electrons. The van der Waals surface area contributed by atoms with E-state index in [1.165, 1.54) is 32.1 Å². The standard InChI is InChI=1S/C12H21NO2/c14-12(8-11-6-3-7-13-11)15-9-10-4-1-2-5-10/h10-11,13H,1-9H2. The van der Waals surface area contributed by atoms with Crippen LogP contribution < -0.4 is 5.32 Å². The molecule has 2 rings (SSSR count). The molecule has 1 saturated carbocycles. The molecule has 86 valence electrons. The first kappa shape index (κ1) is 10.9. The molecule has 0 spiro atoms. The van der Waals surface area contributed by atoms with Crippen LogP contribution in [0.5, 0.6) is 0 Å². The van der Waals surface area contributed by atoms with Gasteiger partial charge >= 0.3 is 5.97 Å². The first-order valence-electron chi connectivity index (χ1n) is 6.23. The summed E-state index contributed by atoms with van der Waals surface area (Å²) in [4.78, 5) is 11.5. The van der Waals surface area contributed by atoms with Gasteiger partial charge in [0.25, 0.3) is 0 Å². The molecular weight excluding hydrogens is 190 g/mol.